The molecule has 1 aromatic carbocycles. The third-order valence-electron chi connectivity index (χ3n) is 4.03. The molecule has 2 aliphatic rings. The highest BCUT2D eigenvalue weighted by Crippen LogP contribution is 2.22. The van der Waals surface area contributed by atoms with E-state index in [-0.39, 0.29) is 24.9 Å². The van der Waals surface area contributed by atoms with Crippen LogP contribution in [0.3, 0.4) is 0 Å². The molecule has 0 aromatic heterocycles. The smallest absolute Gasteiger partial charge is 0.246 e. The van der Waals surface area contributed by atoms with Gasteiger partial charge in [0.1, 0.15) is 0 Å². The summed E-state index contributed by atoms with van der Waals surface area (Å²) >= 11 is 0. The van der Waals surface area contributed by atoms with Gasteiger partial charge in [-0.05, 0) is 31.3 Å². The van der Waals surface area contributed by atoms with Crippen LogP contribution in [0.4, 0.5) is 11.4 Å². The molecule has 112 valence electrons. The number of amides is 2. The van der Waals surface area contributed by atoms with Crippen LogP contribution in [0.25, 0.3) is 0 Å². The van der Waals surface area contributed by atoms with E-state index in [2.05, 4.69) is 34.3 Å². The van der Waals surface area contributed by atoms with Crippen molar-refractivity contribution in [2.75, 3.05) is 56.1 Å². The summed E-state index contributed by atoms with van der Waals surface area (Å²) in [5.41, 5.74) is 2.11. The zero-order valence-corrected chi connectivity index (χ0v) is 12.2. The first-order chi connectivity index (χ1) is 10.1. The zero-order chi connectivity index (χ0) is 14.8. The second-order valence-corrected chi connectivity index (χ2v) is 5.63. The number of carbonyl (C=O) groups is 2. The van der Waals surface area contributed by atoms with E-state index in [0.29, 0.717) is 0 Å². The maximum atomic E-state index is 11.4. The number of piperazine rings is 2. The van der Waals surface area contributed by atoms with Gasteiger partial charge < -0.3 is 14.7 Å². The van der Waals surface area contributed by atoms with E-state index in [1.807, 2.05) is 12.1 Å². The van der Waals surface area contributed by atoms with E-state index < -0.39 is 0 Å². The lowest BCUT2D eigenvalue weighted by molar-refractivity contribution is -0.130. The minimum Gasteiger partial charge on any atom is -0.369 e. The first kappa shape index (κ1) is 13.9. The van der Waals surface area contributed by atoms with Gasteiger partial charge in [0.05, 0.1) is 13.1 Å². The fraction of sp³-hybridized carbons (Fsp3) is 0.467. The maximum absolute atomic E-state index is 11.4. The van der Waals surface area contributed by atoms with Crippen LogP contribution in [0.15, 0.2) is 24.3 Å². The van der Waals surface area contributed by atoms with Crippen LogP contribution < -0.4 is 15.1 Å². The molecule has 0 saturated carbocycles. The van der Waals surface area contributed by atoms with E-state index in [0.717, 1.165) is 31.9 Å². The highest BCUT2D eigenvalue weighted by Gasteiger charge is 2.22. The summed E-state index contributed by atoms with van der Waals surface area (Å²) in [7, 11) is 2.14. The van der Waals surface area contributed by atoms with Gasteiger partial charge in [-0.1, -0.05) is 0 Å². The average molecular weight is 288 g/mol. The van der Waals surface area contributed by atoms with Crippen molar-refractivity contribution in [1.29, 1.82) is 0 Å². The highest BCUT2D eigenvalue weighted by atomic mass is 16.2. The molecule has 2 fully saturated rings. The van der Waals surface area contributed by atoms with Crippen LogP contribution in [-0.4, -0.2) is 63.0 Å². The Balaban J connectivity index is 1.69. The number of carbonyl (C=O) groups excluding carboxylic acids is 2. The average Bonchev–Trinajstić information content (AvgIpc) is 2.47. The Bertz CT molecular complexity index is 519. The Morgan fingerprint density at radius 1 is 0.810 bits per heavy atom. The van der Waals surface area contributed by atoms with Gasteiger partial charge in [0.2, 0.25) is 11.8 Å². The molecule has 3 rings (SSSR count). The van der Waals surface area contributed by atoms with Crippen LogP contribution >= 0.6 is 0 Å². The van der Waals surface area contributed by atoms with Crippen LogP contribution in [0.5, 0.6) is 0 Å². The molecule has 0 bridgehead atoms. The van der Waals surface area contributed by atoms with Gasteiger partial charge in [-0.2, -0.15) is 0 Å². The molecule has 1 aromatic rings. The molecule has 21 heavy (non-hydrogen) atoms. The number of hydrogen-bond donors (Lipinski definition) is 1. The van der Waals surface area contributed by atoms with Crippen molar-refractivity contribution in [1.82, 2.24) is 10.2 Å². The molecule has 0 radical (unpaired) electrons. The largest absolute Gasteiger partial charge is 0.369 e. The molecule has 0 spiro atoms. The third-order valence-corrected chi connectivity index (χ3v) is 4.03. The Kier molecular flexibility index (Phi) is 3.79. The second-order valence-electron chi connectivity index (χ2n) is 5.63. The summed E-state index contributed by atoms with van der Waals surface area (Å²) in [6, 6.07) is 8.11. The van der Waals surface area contributed by atoms with E-state index in [9.17, 15) is 9.59 Å². The fourth-order valence-electron chi connectivity index (χ4n) is 2.76. The summed E-state index contributed by atoms with van der Waals surface area (Å²) in [6.07, 6.45) is 0. The van der Waals surface area contributed by atoms with Crippen molar-refractivity contribution in [3.63, 3.8) is 0 Å². The number of nitrogens with zero attached hydrogens (tertiary/aromatic N) is 3. The molecule has 6 heteroatoms. The molecular weight excluding hydrogens is 268 g/mol. The van der Waals surface area contributed by atoms with Crippen LogP contribution in [-0.2, 0) is 9.59 Å². The fourth-order valence-corrected chi connectivity index (χ4v) is 2.76. The molecule has 0 unspecified atom stereocenters. The summed E-state index contributed by atoms with van der Waals surface area (Å²) < 4.78 is 0. The van der Waals surface area contributed by atoms with Gasteiger partial charge in [-0.25, -0.2) is 0 Å². The summed E-state index contributed by atoms with van der Waals surface area (Å²) in [4.78, 5) is 29.3. The molecule has 6 nitrogen and oxygen atoms in total. The van der Waals surface area contributed by atoms with E-state index in [4.69, 9.17) is 0 Å². The van der Waals surface area contributed by atoms with Crippen molar-refractivity contribution >= 4 is 23.2 Å². The number of likely N-dealkylation sites (N-methyl/N-ethyl adjacent to an activating group) is 1. The topological polar surface area (TPSA) is 55.9 Å². The molecule has 2 saturated heterocycles. The Hall–Kier alpha value is -2.08. The molecule has 0 atom stereocenters. The predicted molar refractivity (Wildman–Crippen MR) is 81.5 cm³/mol. The van der Waals surface area contributed by atoms with E-state index in [1.165, 1.54) is 5.69 Å². The highest BCUT2D eigenvalue weighted by molar-refractivity contribution is 6.02. The first-order valence-corrected chi connectivity index (χ1v) is 7.23. The quantitative estimate of drug-likeness (QED) is 0.770. The SMILES string of the molecule is CN1CCN(c2ccc(N3CC(=O)NC(=O)C3)cc2)CC1. The molecular formula is C15H20N4O2. The number of rotatable bonds is 2. The van der Waals surface area contributed by atoms with Gasteiger partial charge in [-0.15, -0.1) is 0 Å². The maximum Gasteiger partial charge on any atom is 0.246 e. The summed E-state index contributed by atoms with van der Waals surface area (Å²) in [5, 5.41) is 2.31. The Labute approximate surface area is 124 Å². The number of hydrogen-bond acceptors (Lipinski definition) is 5. The molecule has 2 amide bonds. The van der Waals surface area contributed by atoms with Crippen molar-refractivity contribution in [2.45, 2.75) is 0 Å². The van der Waals surface area contributed by atoms with Crippen molar-refractivity contribution < 1.29 is 9.59 Å². The molecule has 1 N–H and O–H groups in total. The lowest BCUT2D eigenvalue weighted by Gasteiger charge is -2.34. The Morgan fingerprint density at radius 2 is 1.29 bits per heavy atom. The van der Waals surface area contributed by atoms with Gasteiger partial charge >= 0.3 is 0 Å². The Morgan fingerprint density at radius 3 is 1.81 bits per heavy atom. The number of nitrogens with one attached hydrogen (secondary N) is 1. The van der Waals surface area contributed by atoms with E-state index >= 15 is 0 Å². The first-order valence-electron chi connectivity index (χ1n) is 7.23. The minimum absolute atomic E-state index is 0.236. The summed E-state index contributed by atoms with van der Waals surface area (Å²) in [5.74, 6) is -0.483. The second kappa shape index (κ2) is 5.73. The van der Waals surface area contributed by atoms with Gasteiger partial charge in [0.15, 0.2) is 0 Å². The lowest BCUT2D eigenvalue weighted by atomic mass is 10.2. The lowest BCUT2D eigenvalue weighted by Crippen LogP contribution is -2.51. The summed E-state index contributed by atoms with van der Waals surface area (Å²) in [6.45, 7) is 4.67. The normalized spacial score (nSPS) is 20.6. The molecule has 0 aliphatic carbocycles. The van der Waals surface area contributed by atoms with Crippen molar-refractivity contribution in [3.05, 3.63) is 24.3 Å². The van der Waals surface area contributed by atoms with Crippen molar-refractivity contribution in [3.8, 4) is 0 Å². The van der Waals surface area contributed by atoms with Gasteiger partial charge in [0.25, 0.3) is 0 Å². The van der Waals surface area contributed by atoms with E-state index in [1.54, 1.807) is 4.90 Å². The van der Waals surface area contributed by atoms with Crippen LogP contribution in [0.2, 0.25) is 0 Å². The number of imide groups is 1. The predicted octanol–water partition coefficient (Wildman–Crippen LogP) is -0.0988. The van der Waals surface area contributed by atoms with Crippen LogP contribution in [0.1, 0.15) is 0 Å². The number of benzene rings is 1. The molecule has 2 aliphatic heterocycles. The zero-order valence-electron chi connectivity index (χ0n) is 12.2. The monoisotopic (exact) mass is 288 g/mol. The van der Waals surface area contributed by atoms with Gasteiger partial charge in [-0.3, -0.25) is 14.9 Å². The third kappa shape index (κ3) is 3.16. The van der Waals surface area contributed by atoms with Crippen LogP contribution in [0, 0.1) is 0 Å². The molecule has 2 heterocycles. The number of anilines is 2. The van der Waals surface area contributed by atoms with Crippen molar-refractivity contribution in [2.24, 2.45) is 0 Å². The standard InChI is InChI=1S/C15H20N4O2/c1-17-6-8-18(9-7-17)12-2-4-13(5-3-12)19-10-14(20)16-15(21)11-19/h2-5H,6-11H2,1H3,(H,16,20,21). The minimum atomic E-state index is -0.241. The van der Waals surface area contributed by atoms with Gasteiger partial charge in [0, 0.05) is 37.6 Å².